The van der Waals surface area contributed by atoms with Crippen molar-refractivity contribution in [1.29, 1.82) is 0 Å². The number of hydrogen-bond donors (Lipinski definition) is 1. The van der Waals surface area contributed by atoms with E-state index in [2.05, 4.69) is 13.8 Å². The van der Waals surface area contributed by atoms with Gasteiger partial charge >= 0.3 is 0 Å². The van der Waals surface area contributed by atoms with Crippen LogP contribution in [-0.4, -0.2) is 30.5 Å². The molecule has 1 rings (SSSR count). The first-order valence-corrected chi connectivity index (χ1v) is 7.37. The van der Waals surface area contributed by atoms with Gasteiger partial charge in [0.25, 0.3) is 5.91 Å². The first-order chi connectivity index (χ1) is 9.62. The number of benzene rings is 1. The second kappa shape index (κ2) is 8.46. The summed E-state index contributed by atoms with van der Waals surface area (Å²) in [6, 6.07) is 7.23. The monoisotopic (exact) mass is 278 g/mol. The molecule has 0 bridgehead atoms. The van der Waals surface area contributed by atoms with Gasteiger partial charge in [0.2, 0.25) is 0 Å². The number of nitrogens with two attached hydrogens (primary N) is 1. The molecule has 1 aromatic rings. The van der Waals surface area contributed by atoms with Crippen molar-refractivity contribution in [3.8, 4) is 5.75 Å². The van der Waals surface area contributed by atoms with E-state index < -0.39 is 0 Å². The molecule has 0 saturated carbocycles. The van der Waals surface area contributed by atoms with E-state index >= 15 is 0 Å². The molecule has 1 amide bonds. The van der Waals surface area contributed by atoms with Gasteiger partial charge in [-0.2, -0.15) is 0 Å². The second-order valence-corrected chi connectivity index (χ2v) is 4.94. The minimum absolute atomic E-state index is 0.0163. The fourth-order valence-corrected chi connectivity index (χ4v) is 2.11. The van der Waals surface area contributed by atoms with Crippen LogP contribution in [0.2, 0.25) is 0 Å². The van der Waals surface area contributed by atoms with Crippen LogP contribution in [0.15, 0.2) is 24.3 Å². The Morgan fingerprint density at radius 2 is 1.90 bits per heavy atom. The molecule has 4 nitrogen and oxygen atoms in total. The number of rotatable bonds is 8. The lowest BCUT2D eigenvalue weighted by Gasteiger charge is -2.25. The van der Waals surface area contributed by atoms with E-state index in [1.807, 2.05) is 24.0 Å². The lowest BCUT2D eigenvalue weighted by atomic mass is 10.0. The Hall–Kier alpha value is -1.71. The Bertz CT molecular complexity index is 417. The van der Waals surface area contributed by atoms with Crippen LogP contribution < -0.4 is 10.5 Å². The third-order valence-electron chi connectivity index (χ3n) is 3.64. The van der Waals surface area contributed by atoms with Gasteiger partial charge in [-0.05, 0) is 25.0 Å². The average Bonchev–Trinajstić information content (AvgIpc) is 2.47. The fourth-order valence-electron chi connectivity index (χ4n) is 2.11. The number of amides is 1. The number of likely N-dealkylation sites (N-methyl/N-ethyl adjacent to an activating group) is 1. The summed E-state index contributed by atoms with van der Waals surface area (Å²) < 4.78 is 5.51. The quantitative estimate of drug-likeness (QED) is 0.744. The summed E-state index contributed by atoms with van der Waals surface area (Å²) in [6.45, 7) is 7.87. The number of carbonyl (C=O) groups excluding carboxylic acids is 1. The van der Waals surface area contributed by atoms with Crippen LogP contribution in [0.4, 0.5) is 5.69 Å². The molecule has 0 saturated heterocycles. The lowest BCUT2D eigenvalue weighted by Crippen LogP contribution is -2.38. The van der Waals surface area contributed by atoms with E-state index in [-0.39, 0.29) is 12.5 Å². The molecule has 0 aliphatic carbocycles. The van der Waals surface area contributed by atoms with Crippen molar-refractivity contribution in [1.82, 2.24) is 4.90 Å². The molecular formula is C16H26N2O2. The predicted octanol–water partition coefficient (Wildman–Crippen LogP) is 2.93. The van der Waals surface area contributed by atoms with E-state index in [9.17, 15) is 4.79 Å². The van der Waals surface area contributed by atoms with Crippen molar-refractivity contribution in [3.05, 3.63) is 24.3 Å². The van der Waals surface area contributed by atoms with E-state index in [1.54, 1.807) is 12.1 Å². The van der Waals surface area contributed by atoms with Gasteiger partial charge in [-0.15, -0.1) is 0 Å². The van der Waals surface area contributed by atoms with Crippen LogP contribution in [0, 0.1) is 5.92 Å². The third-order valence-corrected chi connectivity index (χ3v) is 3.64. The molecule has 112 valence electrons. The molecule has 0 heterocycles. The van der Waals surface area contributed by atoms with Crippen LogP contribution in [-0.2, 0) is 4.79 Å². The van der Waals surface area contributed by atoms with Gasteiger partial charge in [0.1, 0.15) is 5.75 Å². The summed E-state index contributed by atoms with van der Waals surface area (Å²) in [5.41, 5.74) is 6.35. The molecule has 4 heteroatoms. The van der Waals surface area contributed by atoms with E-state index in [0.717, 1.165) is 19.4 Å². The van der Waals surface area contributed by atoms with Crippen molar-refractivity contribution < 1.29 is 9.53 Å². The summed E-state index contributed by atoms with van der Waals surface area (Å²) in [7, 11) is 0. The zero-order chi connectivity index (χ0) is 15.0. The molecule has 0 spiro atoms. The second-order valence-electron chi connectivity index (χ2n) is 4.94. The van der Waals surface area contributed by atoms with Crippen molar-refractivity contribution in [3.63, 3.8) is 0 Å². The zero-order valence-corrected chi connectivity index (χ0v) is 12.8. The van der Waals surface area contributed by atoms with Crippen molar-refractivity contribution in [2.45, 2.75) is 33.6 Å². The summed E-state index contributed by atoms with van der Waals surface area (Å²) in [5, 5.41) is 0. The molecule has 1 aromatic carbocycles. The standard InChI is InChI=1S/C16H26N2O2/c1-4-13(5-2)11-18(6-3)16(19)12-20-15-10-8-7-9-14(15)17/h7-10,13H,4-6,11-12,17H2,1-3H3. The number of carbonyl (C=O) groups is 1. The lowest BCUT2D eigenvalue weighted by molar-refractivity contribution is -0.133. The summed E-state index contributed by atoms with van der Waals surface area (Å²) in [5.74, 6) is 1.14. The smallest absolute Gasteiger partial charge is 0.260 e. The van der Waals surface area contributed by atoms with Crippen LogP contribution >= 0.6 is 0 Å². The molecule has 0 aliphatic heterocycles. The van der Waals surface area contributed by atoms with Gasteiger partial charge in [-0.3, -0.25) is 4.79 Å². The average molecular weight is 278 g/mol. The van der Waals surface area contributed by atoms with Gasteiger partial charge in [-0.1, -0.05) is 38.8 Å². The summed E-state index contributed by atoms with van der Waals surface area (Å²) >= 11 is 0. The number of anilines is 1. The number of ether oxygens (including phenoxy) is 1. The minimum atomic E-state index is 0.0163. The Balaban J connectivity index is 2.53. The zero-order valence-electron chi connectivity index (χ0n) is 12.8. The Labute approximate surface area is 121 Å². The molecule has 0 radical (unpaired) electrons. The topological polar surface area (TPSA) is 55.6 Å². The van der Waals surface area contributed by atoms with Crippen molar-refractivity contribution >= 4 is 11.6 Å². The highest BCUT2D eigenvalue weighted by atomic mass is 16.5. The van der Waals surface area contributed by atoms with Crippen LogP contribution in [0.5, 0.6) is 5.75 Å². The molecule has 20 heavy (non-hydrogen) atoms. The molecule has 2 N–H and O–H groups in total. The van der Waals surface area contributed by atoms with Gasteiger partial charge in [-0.25, -0.2) is 0 Å². The van der Waals surface area contributed by atoms with E-state index in [4.69, 9.17) is 10.5 Å². The largest absolute Gasteiger partial charge is 0.482 e. The van der Waals surface area contributed by atoms with Crippen LogP contribution in [0.3, 0.4) is 0 Å². The SMILES string of the molecule is CCC(CC)CN(CC)C(=O)COc1ccccc1N. The van der Waals surface area contributed by atoms with E-state index in [0.29, 0.717) is 23.9 Å². The first kappa shape index (κ1) is 16.3. The minimum Gasteiger partial charge on any atom is -0.482 e. The molecule has 0 aromatic heterocycles. The molecule has 0 atom stereocenters. The third kappa shape index (κ3) is 4.76. The molecular weight excluding hydrogens is 252 g/mol. The Morgan fingerprint density at radius 1 is 1.25 bits per heavy atom. The van der Waals surface area contributed by atoms with E-state index in [1.165, 1.54) is 0 Å². The fraction of sp³-hybridized carbons (Fsp3) is 0.562. The molecule has 0 unspecified atom stereocenters. The van der Waals surface area contributed by atoms with Crippen molar-refractivity contribution in [2.75, 3.05) is 25.4 Å². The summed E-state index contributed by atoms with van der Waals surface area (Å²) in [6.07, 6.45) is 2.18. The maximum atomic E-state index is 12.2. The van der Waals surface area contributed by atoms with Crippen LogP contribution in [0.25, 0.3) is 0 Å². The molecule has 0 aliphatic rings. The number of nitrogen functional groups attached to an aromatic ring is 1. The first-order valence-electron chi connectivity index (χ1n) is 7.37. The van der Waals surface area contributed by atoms with Gasteiger partial charge < -0.3 is 15.4 Å². The Morgan fingerprint density at radius 3 is 2.45 bits per heavy atom. The normalized spacial score (nSPS) is 10.6. The molecule has 0 fully saturated rings. The van der Waals surface area contributed by atoms with Gasteiger partial charge in [0.15, 0.2) is 6.61 Å². The maximum absolute atomic E-state index is 12.2. The number of nitrogens with zero attached hydrogens (tertiary/aromatic N) is 1. The summed E-state index contributed by atoms with van der Waals surface area (Å²) in [4.78, 5) is 14.0. The van der Waals surface area contributed by atoms with Gasteiger partial charge in [0.05, 0.1) is 5.69 Å². The highest BCUT2D eigenvalue weighted by Gasteiger charge is 2.16. The Kier molecular flexibility index (Phi) is 6.91. The predicted molar refractivity (Wildman–Crippen MR) is 82.7 cm³/mol. The number of para-hydroxylation sites is 2. The highest BCUT2D eigenvalue weighted by Crippen LogP contribution is 2.19. The highest BCUT2D eigenvalue weighted by molar-refractivity contribution is 5.78. The number of hydrogen-bond acceptors (Lipinski definition) is 3. The maximum Gasteiger partial charge on any atom is 0.260 e. The van der Waals surface area contributed by atoms with Gasteiger partial charge in [0, 0.05) is 13.1 Å². The van der Waals surface area contributed by atoms with Crippen molar-refractivity contribution in [2.24, 2.45) is 5.92 Å². The van der Waals surface area contributed by atoms with Crippen LogP contribution in [0.1, 0.15) is 33.6 Å².